The largest absolute Gasteiger partial charge is 0.486 e. The Morgan fingerprint density at radius 2 is 1.88 bits per heavy atom. The number of nitrogens with one attached hydrogen (secondary N) is 1. The van der Waals surface area contributed by atoms with E-state index in [0.717, 1.165) is 56.2 Å². The van der Waals surface area contributed by atoms with Crippen molar-refractivity contribution in [1.29, 1.82) is 0 Å². The van der Waals surface area contributed by atoms with E-state index in [1.54, 1.807) is 12.1 Å². The van der Waals surface area contributed by atoms with E-state index in [1.165, 1.54) is 24.7 Å². The number of benzene rings is 1. The molecule has 0 radical (unpaired) electrons. The van der Waals surface area contributed by atoms with Gasteiger partial charge in [0.15, 0.2) is 6.23 Å². The van der Waals surface area contributed by atoms with Crippen molar-refractivity contribution >= 4 is 51.8 Å². The summed E-state index contributed by atoms with van der Waals surface area (Å²) in [7, 11) is 0. The SMILES string of the molecule is C[C@@H](Oc1ccc2c(c1)c(/C=C(\F)c1ccc(NC3CCOCC3)nc1)nn2C1CCCCO1)c1c(Cl)cncc1Cl. The lowest BCUT2D eigenvalue weighted by atomic mass is 10.1. The molecular weight excluding hydrogens is 580 g/mol. The molecule has 220 valence electrons. The van der Waals surface area contributed by atoms with Gasteiger partial charge in [-0.3, -0.25) is 4.98 Å². The second kappa shape index (κ2) is 13.0. The van der Waals surface area contributed by atoms with E-state index in [0.29, 0.717) is 51.1 Å². The van der Waals surface area contributed by atoms with E-state index in [2.05, 4.69) is 15.3 Å². The molecule has 11 heteroatoms. The molecule has 2 aliphatic heterocycles. The van der Waals surface area contributed by atoms with Crippen LogP contribution in [-0.4, -0.2) is 45.6 Å². The summed E-state index contributed by atoms with van der Waals surface area (Å²) in [6.07, 6.45) is 10.1. The lowest BCUT2D eigenvalue weighted by molar-refractivity contribution is -0.0367. The molecule has 5 heterocycles. The summed E-state index contributed by atoms with van der Waals surface area (Å²) in [4.78, 5) is 8.46. The highest BCUT2D eigenvalue weighted by molar-refractivity contribution is 6.35. The first-order valence-corrected chi connectivity index (χ1v) is 15.0. The number of aromatic nitrogens is 4. The number of hydrogen-bond acceptors (Lipinski definition) is 7. The van der Waals surface area contributed by atoms with E-state index in [4.69, 9.17) is 42.5 Å². The van der Waals surface area contributed by atoms with E-state index < -0.39 is 11.9 Å². The molecule has 8 nitrogen and oxygen atoms in total. The monoisotopic (exact) mass is 611 g/mol. The predicted octanol–water partition coefficient (Wildman–Crippen LogP) is 8.03. The highest BCUT2D eigenvalue weighted by Crippen LogP contribution is 2.36. The minimum absolute atomic E-state index is 0.219. The Bertz CT molecular complexity index is 1550. The fourth-order valence-corrected chi connectivity index (χ4v) is 6.08. The summed E-state index contributed by atoms with van der Waals surface area (Å²) in [5.74, 6) is 0.850. The standard InChI is InChI=1S/C31H32Cl2FN5O3/c1-19(31-24(32)17-35-18-25(31)33)42-22-6-7-28-23(14-22)27(38-39(28)30-4-2-3-11-41-30)15-26(34)20-5-8-29(36-16-20)37-21-9-12-40-13-10-21/h5-8,14-19,21,30H,2-4,9-13H2,1H3,(H,36,37)/b26-15-/t19-,30?/m1/s1. The Kier molecular flexibility index (Phi) is 8.90. The van der Waals surface area contributed by atoms with Crippen LogP contribution in [0.4, 0.5) is 10.2 Å². The van der Waals surface area contributed by atoms with E-state index in [1.807, 2.05) is 29.8 Å². The third-order valence-electron chi connectivity index (χ3n) is 7.62. The van der Waals surface area contributed by atoms with Gasteiger partial charge in [0.05, 0.1) is 21.3 Å². The van der Waals surface area contributed by atoms with Crippen molar-refractivity contribution in [2.24, 2.45) is 0 Å². The molecule has 3 aromatic heterocycles. The molecule has 1 aromatic carbocycles. The fourth-order valence-electron chi connectivity index (χ4n) is 5.41. The fraction of sp³-hybridized carbons (Fsp3) is 0.387. The lowest BCUT2D eigenvalue weighted by Crippen LogP contribution is -2.28. The summed E-state index contributed by atoms with van der Waals surface area (Å²) in [5, 5.41) is 9.79. The van der Waals surface area contributed by atoms with Crippen molar-refractivity contribution in [1.82, 2.24) is 19.7 Å². The van der Waals surface area contributed by atoms with Crippen molar-refractivity contribution in [3.8, 4) is 5.75 Å². The van der Waals surface area contributed by atoms with Crippen LogP contribution < -0.4 is 10.1 Å². The van der Waals surface area contributed by atoms with Gasteiger partial charge in [-0.25, -0.2) is 14.1 Å². The molecule has 2 saturated heterocycles. The van der Waals surface area contributed by atoms with Crippen molar-refractivity contribution in [2.75, 3.05) is 25.1 Å². The van der Waals surface area contributed by atoms with Gasteiger partial charge >= 0.3 is 0 Å². The predicted molar refractivity (Wildman–Crippen MR) is 163 cm³/mol. The molecule has 1 unspecified atom stereocenters. The second-order valence-corrected chi connectivity index (χ2v) is 11.4. The summed E-state index contributed by atoms with van der Waals surface area (Å²) >= 11 is 12.7. The Labute approximate surface area is 253 Å². The Morgan fingerprint density at radius 1 is 1.07 bits per heavy atom. The Hall–Kier alpha value is -3.24. The summed E-state index contributed by atoms with van der Waals surface area (Å²) < 4.78 is 35.2. The zero-order chi connectivity index (χ0) is 29.1. The van der Waals surface area contributed by atoms with Crippen molar-refractivity contribution < 1.29 is 18.6 Å². The maximum atomic E-state index is 15.6. The number of ether oxygens (including phenoxy) is 3. The van der Waals surface area contributed by atoms with Gasteiger partial charge in [-0.05, 0) is 69.4 Å². The minimum Gasteiger partial charge on any atom is -0.486 e. The number of rotatable bonds is 8. The van der Waals surface area contributed by atoms with E-state index in [-0.39, 0.29) is 6.23 Å². The molecular formula is C31H32Cl2FN5O3. The topological polar surface area (TPSA) is 83.3 Å². The maximum Gasteiger partial charge on any atom is 0.150 e. The molecule has 0 saturated carbocycles. The molecule has 0 aliphatic carbocycles. The van der Waals surface area contributed by atoms with Gasteiger partial charge in [-0.1, -0.05) is 23.2 Å². The van der Waals surface area contributed by atoms with Crippen molar-refractivity contribution in [3.63, 3.8) is 0 Å². The maximum absolute atomic E-state index is 15.6. The van der Waals surface area contributed by atoms with E-state index in [9.17, 15) is 0 Å². The molecule has 1 N–H and O–H groups in total. The average Bonchev–Trinajstić information content (AvgIpc) is 3.35. The summed E-state index contributed by atoms with van der Waals surface area (Å²) in [6, 6.07) is 9.47. The van der Waals surface area contributed by atoms with Crippen LogP contribution in [0.25, 0.3) is 22.8 Å². The van der Waals surface area contributed by atoms with Gasteiger partial charge in [0.1, 0.15) is 23.5 Å². The van der Waals surface area contributed by atoms with Crippen LogP contribution in [0, 0.1) is 0 Å². The van der Waals surface area contributed by atoms with Gasteiger partial charge in [0.2, 0.25) is 0 Å². The molecule has 2 fully saturated rings. The van der Waals surface area contributed by atoms with Crippen LogP contribution in [0.5, 0.6) is 5.75 Å². The first-order valence-electron chi connectivity index (χ1n) is 14.2. The Balaban J connectivity index is 1.30. The Morgan fingerprint density at radius 3 is 2.60 bits per heavy atom. The minimum atomic E-state index is -0.447. The van der Waals surface area contributed by atoms with Crippen LogP contribution in [-0.2, 0) is 9.47 Å². The summed E-state index contributed by atoms with van der Waals surface area (Å²) in [5.41, 5.74) is 2.31. The molecule has 6 rings (SSSR count). The van der Waals surface area contributed by atoms with Gasteiger partial charge in [0.25, 0.3) is 0 Å². The third kappa shape index (κ3) is 6.39. The van der Waals surface area contributed by atoms with Crippen LogP contribution >= 0.6 is 23.2 Å². The molecule has 0 bridgehead atoms. The van der Waals surface area contributed by atoms with E-state index >= 15 is 4.39 Å². The van der Waals surface area contributed by atoms with Crippen LogP contribution in [0.1, 0.15) is 68.2 Å². The lowest BCUT2D eigenvalue weighted by Gasteiger charge is -2.23. The van der Waals surface area contributed by atoms with Gasteiger partial charge in [-0.2, -0.15) is 5.10 Å². The van der Waals surface area contributed by atoms with Gasteiger partial charge in [0, 0.05) is 67.0 Å². The normalized spacial score (nSPS) is 19.1. The molecule has 4 aromatic rings. The molecule has 2 aliphatic rings. The zero-order valence-corrected chi connectivity index (χ0v) is 24.7. The second-order valence-electron chi connectivity index (χ2n) is 10.6. The van der Waals surface area contributed by atoms with Gasteiger partial charge < -0.3 is 19.5 Å². The number of hydrogen-bond donors (Lipinski definition) is 1. The number of pyridine rings is 2. The number of halogens is 3. The number of fused-ring (bicyclic) bond motifs is 1. The zero-order valence-electron chi connectivity index (χ0n) is 23.2. The highest BCUT2D eigenvalue weighted by atomic mass is 35.5. The smallest absolute Gasteiger partial charge is 0.150 e. The highest BCUT2D eigenvalue weighted by Gasteiger charge is 2.23. The number of anilines is 1. The first kappa shape index (κ1) is 28.9. The average molecular weight is 613 g/mol. The quantitative estimate of drug-likeness (QED) is 0.216. The van der Waals surface area contributed by atoms with Crippen LogP contribution in [0.2, 0.25) is 10.0 Å². The molecule has 0 spiro atoms. The summed E-state index contributed by atoms with van der Waals surface area (Å²) in [6.45, 7) is 4.00. The third-order valence-corrected chi connectivity index (χ3v) is 8.22. The first-order chi connectivity index (χ1) is 20.5. The number of nitrogens with zero attached hydrogens (tertiary/aromatic N) is 4. The van der Waals surface area contributed by atoms with Crippen LogP contribution in [0.15, 0.2) is 48.9 Å². The van der Waals surface area contributed by atoms with Crippen LogP contribution in [0.3, 0.4) is 0 Å². The van der Waals surface area contributed by atoms with Gasteiger partial charge in [-0.15, -0.1) is 0 Å². The molecule has 2 atom stereocenters. The van der Waals surface area contributed by atoms with Crippen molar-refractivity contribution in [2.45, 2.75) is 57.4 Å². The molecule has 0 amide bonds. The molecule has 42 heavy (non-hydrogen) atoms. The van der Waals surface area contributed by atoms with Crippen molar-refractivity contribution in [3.05, 3.63) is 75.8 Å².